The highest BCUT2D eigenvalue weighted by molar-refractivity contribution is 6.30. The Morgan fingerprint density at radius 1 is 1.33 bits per heavy atom. The van der Waals surface area contributed by atoms with Gasteiger partial charge in [-0.05, 0) is 44.0 Å². The van der Waals surface area contributed by atoms with Gasteiger partial charge in [0.1, 0.15) is 0 Å². The van der Waals surface area contributed by atoms with E-state index in [2.05, 4.69) is 24.3 Å². The summed E-state index contributed by atoms with van der Waals surface area (Å²) >= 11 is 5.94. The molecule has 1 heterocycles. The van der Waals surface area contributed by atoms with Gasteiger partial charge in [0.05, 0.1) is 22.6 Å². The Labute approximate surface area is 130 Å². The van der Waals surface area contributed by atoms with Crippen LogP contribution in [0.4, 0.5) is 0 Å². The lowest BCUT2D eigenvalue weighted by Gasteiger charge is -2.12. The van der Waals surface area contributed by atoms with E-state index in [-0.39, 0.29) is 11.8 Å². The molecule has 0 radical (unpaired) electrons. The molecule has 0 aliphatic carbocycles. The number of rotatable bonds is 4. The third-order valence-electron chi connectivity index (χ3n) is 3.28. The van der Waals surface area contributed by atoms with Gasteiger partial charge in [0, 0.05) is 11.6 Å². The zero-order valence-electron chi connectivity index (χ0n) is 12.8. The van der Waals surface area contributed by atoms with E-state index >= 15 is 0 Å². The van der Waals surface area contributed by atoms with Crippen LogP contribution in [0.3, 0.4) is 0 Å². The van der Waals surface area contributed by atoms with Crippen molar-refractivity contribution in [2.45, 2.75) is 33.6 Å². The molecular weight excluding hydrogens is 286 g/mol. The van der Waals surface area contributed by atoms with Crippen LogP contribution in [0.2, 0.25) is 5.02 Å². The topological polar surface area (TPSA) is 46.9 Å². The fourth-order valence-electron chi connectivity index (χ4n) is 2.39. The van der Waals surface area contributed by atoms with Crippen molar-refractivity contribution < 1.29 is 4.79 Å². The van der Waals surface area contributed by atoms with Crippen molar-refractivity contribution >= 4 is 17.5 Å². The summed E-state index contributed by atoms with van der Waals surface area (Å²) in [6.45, 7) is 8.49. The maximum Gasteiger partial charge on any atom is 0.255 e. The average Bonchev–Trinajstić information content (AvgIpc) is 2.77. The molecule has 4 nitrogen and oxygen atoms in total. The van der Waals surface area contributed by atoms with Crippen LogP contribution in [-0.4, -0.2) is 22.2 Å². The predicted molar refractivity (Wildman–Crippen MR) is 85.4 cm³/mol. The Morgan fingerprint density at radius 3 is 2.48 bits per heavy atom. The first kappa shape index (κ1) is 15.6. The molecule has 1 aromatic carbocycles. The molecule has 5 heteroatoms. The maximum atomic E-state index is 12.3. The van der Waals surface area contributed by atoms with E-state index < -0.39 is 0 Å². The molecule has 112 valence electrons. The van der Waals surface area contributed by atoms with Crippen LogP contribution in [0.25, 0.3) is 5.69 Å². The zero-order valence-corrected chi connectivity index (χ0v) is 13.5. The molecule has 1 N–H and O–H groups in total. The van der Waals surface area contributed by atoms with Crippen LogP contribution in [0.1, 0.15) is 48.4 Å². The molecule has 2 rings (SSSR count). The number of amides is 1. The Morgan fingerprint density at radius 2 is 1.95 bits per heavy atom. The van der Waals surface area contributed by atoms with E-state index in [1.165, 1.54) is 0 Å². The molecule has 1 amide bonds. The Hall–Kier alpha value is -1.81. The van der Waals surface area contributed by atoms with Crippen LogP contribution < -0.4 is 5.32 Å². The minimum atomic E-state index is -0.0705. The summed E-state index contributed by atoms with van der Waals surface area (Å²) in [6.07, 6.45) is 0. The number of aromatic nitrogens is 2. The van der Waals surface area contributed by atoms with Crippen LogP contribution in [-0.2, 0) is 0 Å². The van der Waals surface area contributed by atoms with Crippen molar-refractivity contribution in [3.05, 3.63) is 46.2 Å². The van der Waals surface area contributed by atoms with E-state index in [0.29, 0.717) is 17.1 Å². The lowest BCUT2D eigenvalue weighted by atomic mass is 10.0. The summed E-state index contributed by atoms with van der Waals surface area (Å²) in [6, 6.07) is 7.46. The molecule has 0 saturated heterocycles. The van der Waals surface area contributed by atoms with Gasteiger partial charge in [0.25, 0.3) is 5.91 Å². The molecule has 0 spiro atoms. The van der Waals surface area contributed by atoms with Crippen molar-refractivity contribution in [2.24, 2.45) is 0 Å². The minimum Gasteiger partial charge on any atom is -0.352 e. The lowest BCUT2D eigenvalue weighted by Crippen LogP contribution is -2.24. The summed E-state index contributed by atoms with van der Waals surface area (Å²) in [5.74, 6) is 0.110. The quantitative estimate of drug-likeness (QED) is 0.936. The highest BCUT2D eigenvalue weighted by Gasteiger charge is 2.23. The van der Waals surface area contributed by atoms with Crippen molar-refractivity contribution in [2.75, 3.05) is 6.54 Å². The number of nitrogens with zero attached hydrogens (tertiary/aromatic N) is 2. The van der Waals surface area contributed by atoms with Crippen molar-refractivity contribution in [3.8, 4) is 5.69 Å². The molecule has 2 aromatic rings. The lowest BCUT2D eigenvalue weighted by molar-refractivity contribution is 0.0954. The van der Waals surface area contributed by atoms with E-state index in [1.807, 2.05) is 42.8 Å². The molecule has 21 heavy (non-hydrogen) atoms. The molecule has 0 fully saturated rings. The largest absolute Gasteiger partial charge is 0.352 e. The molecule has 1 aromatic heterocycles. The Kier molecular flexibility index (Phi) is 4.68. The third-order valence-corrected chi connectivity index (χ3v) is 3.53. The van der Waals surface area contributed by atoms with Crippen LogP contribution in [0.5, 0.6) is 0 Å². The van der Waals surface area contributed by atoms with Crippen molar-refractivity contribution in [3.63, 3.8) is 0 Å². The smallest absolute Gasteiger partial charge is 0.255 e. The summed E-state index contributed by atoms with van der Waals surface area (Å²) in [4.78, 5) is 12.3. The predicted octanol–water partition coefficient (Wildman–Crippen LogP) is 3.71. The number of carbonyl (C=O) groups excluding carboxylic acids is 1. The molecular formula is C16H20ClN3O. The summed E-state index contributed by atoms with van der Waals surface area (Å²) in [7, 11) is 0. The second kappa shape index (κ2) is 6.31. The number of hydrogen-bond acceptors (Lipinski definition) is 2. The molecule has 0 saturated carbocycles. The Bertz CT molecular complexity index is 644. The SMILES string of the molecule is CCNC(=O)c1c(C)nn(-c2ccc(Cl)cc2)c1C(C)C. The van der Waals surface area contributed by atoms with Crippen molar-refractivity contribution in [1.82, 2.24) is 15.1 Å². The second-order valence-corrected chi connectivity index (χ2v) is 5.68. The van der Waals surface area contributed by atoms with E-state index in [0.717, 1.165) is 17.1 Å². The van der Waals surface area contributed by atoms with Gasteiger partial charge >= 0.3 is 0 Å². The van der Waals surface area contributed by atoms with E-state index in [9.17, 15) is 4.79 Å². The van der Waals surface area contributed by atoms with Gasteiger partial charge in [-0.2, -0.15) is 5.10 Å². The van der Waals surface area contributed by atoms with Crippen molar-refractivity contribution in [1.29, 1.82) is 0 Å². The Balaban J connectivity index is 2.59. The first-order chi connectivity index (χ1) is 9.95. The third kappa shape index (κ3) is 3.10. The molecule has 0 atom stereocenters. The summed E-state index contributed by atoms with van der Waals surface area (Å²) < 4.78 is 1.83. The van der Waals surface area contributed by atoms with Crippen LogP contribution >= 0.6 is 11.6 Å². The van der Waals surface area contributed by atoms with Gasteiger partial charge in [-0.3, -0.25) is 4.79 Å². The highest BCUT2D eigenvalue weighted by Crippen LogP contribution is 2.26. The normalized spacial score (nSPS) is 11.0. The van der Waals surface area contributed by atoms with Gasteiger partial charge in [-0.1, -0.05) is 25.4 Å². The van der Waals surface area contributed by atoms with Crippen LogP contribution in [0.15, 0.2) is 24.3 Å². The fourth-order valence-corrected chi connectivity index (χ4v) is 2.51. The van der Waals surface area contributed by atoms with Gasteiger partial charge in [0.15, 0.2) is 0 Å². The number of hydrogen-bond donors (Lipinski definition) is 1. The minimum absolute atomic E-state index is 0.0705. The average molecular weight is 306 g/mol. The summed E-state index contributed by atoms with van der Waals surface area (Å²) in [5.41, 5.74) is 3.23. The number of halogens is 1. The fraction of sp³-hybridized carbons (Fsp3) is 0.375. The first-order valence-corrected chi connectivity index (χ1v) is 7.47. The molecule has 0 unspecified atom stereocenters. The monoisotopic (exact) mass is 305 g/mol. The van der Waals surface area contributed by atoms with E-state index in [4.69, 9.17) is 11.6 Å². The number of benzene rings is 1. The summed E-state index contributed by atoms with van der Waals surface area (Å²) in [5, 5.41) is 8.08. The second-order valence-electron chi connectivity index (χ2n) is 5.25. The number of carbonyl (C=O) groups is 1. The molecule has 0 aliphatic rings. The molecule has 0 aliphatic heterocycles. The molecule has 0 bridgehead atoms. The van der Waals surface area contributed by atoms with Gasteiger partial charge in [-0.25, -0.2) is 4.68 Å². The standard InChI is InChI=1S/C16H20ClN3O/c1-5-18-16(21)14-11(4)19-20(15(14)10(2)3)13-8-6-12(17)7-9-13/h6-10H,5H2,1-4H3,(H,18,21). The van der Waals surface area contributed by atoms with Gasteiger partial charge in [0.2, 0.25) is 0 Å². The maximum absolute atomic E-state index is 12.3. The first-order valence-electron chi connectivity index (χ1n) is 7.09. The van der Waals surface area contributed by atoms with Gasteiger partial charge < -0.3 is 5.32 Å². The van der Waals surface area contributed by atoms with E-state index in [1.54, 1.807) is 0 Å². The van der Waals surface area contributed by atoms with Crippen LogP contribution in [0, 0.1) is 6.92 Å². The van der Waals surface area contributed by atoms with Gasteiger partial charge in [-0.15, -0.1) is 0 Å². The highest BCUT2D eigenvalue weighted by atomic mass is 35.5. The number of aryl methyl sites for hydroxylation is 1. The zero-order chi connectivity index (χ0) is 15.6. The number of nitrogens with one attached hydrogen (secondary N) is 1.